The Balaban J connectivity index is 1.82. The second kappa shape index (κ2) is 7.62. The van der Waals surface area contributed by atoms with Gasteiger partial charge in [0.2, 0.25) is 5.43 Å². The van der Waals surface area contributed by atoms with Crippen LogP contribution in [0.4, 0.5) is 0 Å². The van der Waals surface area contributed by atoms with Crippen LogP contribution in [0.1, 0.15) is 43.4 Å². The molecule has 0 aromatic carbocycles. The summed E-state index contributed by atoms with van der Waals surface area (Å²) in [6.45, 7) is 1.30. The number of pyridine rings is 2. The van der Waals surface area contributed by atoms with Gasteiger partial charge in [0.1, 0.15) is 0 Å². The Kier molecular flexibility index (Phi) is 5.30. The van der Waals surface area contributed by atoms with E-state index in [-0.39, 0.29) is 11.2 Å². The molecule has 1 aliphatic rings. The average Bonchev–Trinajstić information content (AvgIpc) is 2.61. The van der Waals surface area contributed by atoms with Crippen molar-refractivity contribution in [2.75, 3.05) is 7.05 Å². The average molecular weight is 327 g/mol. The zero-order valence-corrected chi connectivity index (χ0v) is 14.2. The van der Waals surface area contributed by atoms with Crippen LogP contribution in [0.3, 0.4) is 0 Å². The Morgan fingerprint density at radius 3 is 2.83 bits per heavy atom. The monoisotopic (exact) mass is 327 g/mol. The number of nitrogens with zero attached hydrogens (tertiary/aromatic N) is 3. The minimum atomic E-state index is -0.315. The van der Waals surface area contributed by atoms with Crippen molar-refractivity contribution in [1.29, 1.82) is 0 Å². The molecule has 0 bridgehead atoms. The molecule has 0 unspecified atom stereocenters. The van der Waals surface area contributed by atoms with E-state index in [2.05, 4.69) is 16.9 Å². The van der Waals surface area contributed by atoms with Crippen molar-refractivity contribution in [2.45, 2.75) is 51.2 Å². The Hall–Kier alpha value is -2.14. The van der Waals surface area contributed by atoms with E-state index in [0.717, 1.165) is 11.3 Å². The topological polar surface area (TPSA) is 58.4 Å². The van der Waals surface area contributed by atoms with Crippen LogP contribution in [0.15, 0.2) is 41.6 Å². The highest BCUT2D eigenvalue weighted by Gasteiger charge is 2.19. The number of rotatable bonds is 5. The van der Waals surface area contributed by atoms with Crippen molar-refractivity contribution >= 4 is 0 Å². The Labute approximate surface area is 142 Å². The molecule has 128 valence electrons. The van der Waals surface area contributed by atoms with Crippen molar-refractivity contribution in [3.8, 4) is 5.75 Å². The van der Waals surface area contributed by atoms with E-state index in [0.29, 0.717) is 19.1 Å². The molecule has 24 heavy (non-hydrogen) atoms. The van der Waals surface area contributed by atoms with Crippen LogP contribution < -0.4 is 5.43 Å². The number of aromatic hydroxyl groups is 1. The highest BCUT2D eigenvalue weighted by atomic mass is 16.3. The van der Waals surface area contributed by atoms with Gasteiger partial charge in [-0.05, 0) is 31.5 Å². The van der Waals surface area contributed by atoms with Gasteiger partial charge < -0.3 is 9.67 Å². The number of hydrogen-bond acceptors (Lipinski definition) is 4. The molecular weight excluding hydrogens is 302 g/mol. The quantitative estimate of drug-likeness (QED) is 0.917. The van der Waals surface area contributed by atoms with Gasteiger partial charge in [-0.2, -0.15) is 0 Å². The maximum atomic E-state index is 11.9. The van der Waals surface area contributed by atoms with E-state index in [4.69, 9.17) is 0 Å². The van der Waals surface area contributed by atoms with Gasteiger partial charge in [0.15, 0.2) is 5.75 Å². The fourth-order valence-electron chi connectivity index (χ4n) is 3.48. The summed E-state index contributed by atoms with van der Waals surface area (Å²) in [5, 5.41) is 9.82. The van der Waals surface area contributed by atoms with Crippen LogP contribution in [0.5, 0.6) is 5.75 Å². The van der Waals surface area contributed by atoms with Crippen LogP contribution >= 0.6 is 0 Å². The lowest BCUT2D eigenvalue weighted by molar-refractivity contribution is 0.180. The molecule has 2 aromatic rings. The molecule has 3 rings (SSSR count). The van der Waals surface area contributed by atoms with Crippen LogP contribution in [0.25, 0.3) is 0 Å². The smallest absolute Gasteiger partial charge is 0.223 e. The van der Waals surface area contributed by atoms with Crippen LogP contribution in [0, 0.1) is 0 Å². The summed E-state index contributed by atoms with van der Waals surface area (Å²) in [5.41, 5.74) is 1.65. The van der Waals surface area contributed by atoms with Crippen LogP contribution in [-0.4, -0.2) is 32.6 Å². The first-order chi connectivity index (χ1) is 11.6. The van der Waals surface area contributed by atoms with E-state index < -0.39 is 0 Å². The van der Waals surface area contributed by atoms with Gasteiger partial charge in [0.25, 0.3) is 0 Å². The predicted octanol–water partition coefficient (Wildman–Crippen LogP) is 2.76. The standard InChI is InChI=1S/C19H25N3O2/c1-21(16-7-3-2-4-8-16)13-17-10-18(23)19(24)14-22(17)12-15-6-5-9-20-11-15/h5-6,9-11,14,16,24H,2-4,7-8,12-13H2,1H3. The first kappa shape index (κ1) is 16.7. The fraction of sp³-hybridized carbons (Fsp3) is 0.474. The van der Waals surface area contributed by atoms with Gasteiger partial charge in [-0.1, -0.05) is 25.3 Å². The molecule has 0 saturated heterocycles. The van der Waals surface area contributed by atoms with E-state index in [1.807, 2.05) is 22.9 Å². The molecule has 5 nitrogen and oxygen atoms in total. The molecule has 0 aliphatic heterocycles. The Morgan fingerprint density at radius 1 is 1.33 bits per heavy atom. The van der Waals surface area contributed by atoms with Gasteiger partial charge in [-0.25, -0.2) is 0 Å². The third kappa shape index (κ3) is 4.03. The van der Waals surface area contributed by atoms with Crippen molar-refractivity contribution in [3.63, 3.8) is 0 Å². The third-order valence-electron chi connectivity index (χ3n) is 4.88. The van der Waals surface area contributed by atoms with E-state index in [1.54, 1.807) is 18.5 Å². The zero-order valence-electron chi connectivity index (χ0n) is 14.2. The zero-order chi connectivity index (χ0) is 16.9. The van der Waals surface area contributed by atoms with Crippen molar-refractivity contribution in [1.82, 2.24) is 14.5 Å². The normalized spacial score (nSPS) is 15.8. The summed E-state index contributed by atoms with van der Waals surface area (Å²) in [4.78, 5) is 18.4. The van der Waals surface area contributed by atoms with E-state index in [9.17, 15) is 9.90 Å². The first-order valence-corrected chi connectivity index (χ1v) is 8.65. The molecule has 0 spiro atoms. The van der Waals surface area contributed by atoms with Crippen molar-refractivity contribution in [2.24, 2.45) is 0 Å². The van der Waals surface area contributed by atoms with Gasteiger partial charge in [-0.15, -0.1) is 0 Å². The fourth-order valence-corrected chi connectivity index (χ4v) is 3.48. The lowest BCUT2D eigenvalue weighted by atomic mass is 9.94. The maximum Gasteiger partial charge on any atom is 0.223 e. The lowest BCUT2D eigenvalue weighted by Crippen LogP contribution is -2.34. The van der Waals surface area contributed by atoms with Crippen LogP contribution in [0.2, 0.25) is 0 Å². The SMILES string of the molecule is CN(Cc1cc(=O)c(O)cn1Cc1cccnc1)C1CCCCC1. The molecule has 2 heterocycles. The molecule has 1 fully saturated rings. The highest BCUT2D eigenvalue weighted by Crippen LogP contribution is 2.23. The minimum Gasteiger partial charge on any atom is -0.503 e. The van der Waals surface area contributed by atoms with Gasteiger partial charge >= 0.3 is 0 Å². The molecular formula is C19H25N3O2. The summed E-state index contributed by atoms with van der Waals surface area (Å²) >= 11 is 0. The molecule has 0 amide bonds. The number of hydrogen-bond donors (Lipinski definition) is 1. The molecule has 1 N–H and O–H groups in total. The largest absolute Gasteiger partial charge is 0.503 e. The van der Waals surface area contributed by atoms with Crippen molar-refractivity contribution < 1.29 is 5.11 Å². The highest BCUT2D eigenvalue weighted by molar-refractivity contribution is 5.22. The summed E-state index contributed by atoms with van der Waals surface area (Å²) in [7, 11) is 2.13. The van der Waals surface area contributed by atoms with Crippen molar-refractivity contribution in [3.05, 3.63) is 58.3 Å². The summed E-state index contributed by atoms with van der Waals surface area (Å²) < 4.78 is 1.95. The molecule has 2 aromatic heterocycles. The minimum absolute atomic E-state index is 0.206. The first-order valence-electron chi connectivity index (χ1n) is 8.65. The molecule has 0 atom stereocenters. The third-order valence-corrected chi connectivity index (χ3v) is 4.88. The Morgan fingerprint density at radius 2 is 2.12 bits per heavy atom. The molecule has 0 radical (unpaired) electrons. The van der Waals surface area contributed by atoms with E-state index in [1.165, 1.54) is 32.1 Å². The lowest BCUT2D eigenvalue weighted by Gasteiger charge is -2.31. The molecule has 5 heteroatoms. The van der Waals surface area contributed by atoms with Gasteiger partial charge in [0, 0.05) is 43.3 Å². The molecule has 1 saturated carbocycles. The predicted molar refractivity (Wildman–Crippen MR) is 94.0 cm³/mol. The summed E-state index contributed by atoms with van der Waals surface area (Å²) in [6.07, 6.45) is 11.4. The van der Waals surface area contributed by atoms with Gasteiger partial charge in [0.05, 0.1) is 6.20 Å². The summed E-state index contributed by atoms with van der Waals surface area (Å²) in [5.74, 6) is -0.206. The Bertz CT molecular complexity index is 721. The van der Waals surface area contributed by atoms with E-state index >= 15 is 0 Å². The maximum absolute atomic E-state index is 11.9. The summed E-state index contributed by atoms with van der Waals surface area (Å²) in [6, 6.07) is 6.03. The number of aromatic nitrogens is 2. The van der Waals surface area contributed by atoms with Crippen LogP contribution in [-0.2, 0) is 13.1 Å². The van der Waals surface area contributed by atoms with Gasteiger partial charge in [-0.3, -0.25) is 14.7 Å². The second-order valence-electron chi connectivity index (χ2n) is 6.71. The second-order valence-corrected chi connectivity index (χ2v) is 6.71. The molecule has 1 aliphatic carbocycles.